The number of halogens is 1. The van der Waals surface area contributed by atoms with Gasteiger partial charge in [-0.05, 0) is 17.7 Å². The number of carboxylic acid groups (broad SMARTS) is 1. The van der Waals surface area contributed by atoms with Crippen LogP contribution in [0.5, 0.6) is 0 Å². The Balaban J connectivity index is 1.94. The van der Waals surface area contributed by atoms with Crippen molar-refractivity contribution in [3.05, 3.63) is 45.9 Å². The SMILES string of the molecule is O=C([O-])Cc1csc(NCc2cccc(Cl)c2)n1. The summed E-state index contributed by atoms with van der Waals surface area (Å²) in [5.74, 6) is -1.12. The number of aliphatic carboxylic acids is 1. The highest BCUT2D eigenvalue weighted by Gasteiger charge is 2.02. The van der Waals surface area contributed by atoms with Crippen LogP contribution < -0.4 is 10.4 Å². The van der Waals surface area contributed by atoms with E-state index in [-0.39, 0.29) is 6.42 Å². The molecule has 2 rings (SSSR count). The van der Waals surface area contributed by atoms with E-state index in [2.05, 4.69) is 10.3 Å². The van der Waals surface area contributed by atoms with Crippen LogP contribution in [0.2, 0.25) is 5.02 Å². The Labute approximate surface area is 113 Å². The minimum Gasteiger partial charge on any atom is -0.550 e. The van der Waals surface area contributed by atoms with Crippen LogP contribution in [-0.4, -0.2) is 11.0 Å². The fourth-order valence-electron chi connectivity index (χ4n) is 1.44. The molecule has 94 valence electrons. The Hall–Kier alpha value is -1.59. The molecule has 0 radical (unpaired) electrons. The molecule has 0 bridgehead atoms. The molecule has 4 nitrogen and oxygen atoms in total. The normalized spacial score (nSPS) is 10.3. The second-order valence-electron chi connectivity index (χ2n) is 3.68. The first-order chi connectivity index (χ1) is 8.63. The monoisotopic (exact) mass is 281 g/mol. The van der Waals surface area contributed by atoms with E-state index in [1.165, 1.54) is 11.3 Å². The Morgan fingerprint density at radius 1 is 1.50 bits per heavy atom. The highest BCUT2D eigenvalue weighted by molar-refractivity contribution is 7.13. The summed E-state index contributed by atoms with van der Waals surface area (Å²) in [7, 11) is 0. The molecule has 0 saturated carbocycles. The first-order valence-electron chi connectivity index (χ1n) is 5.26. The van der Waals surface area contributed by atoms with Gasteiger partial charge >= 0.3 is 0 Å². The smallest absolute Gasteiger partial charge is 0.183 e. The zero-order chi connectivity index (χ0) is 13.0. The van der Waals surface area contributed by atoms with Crippen molar-refractivity contribution in [2.24, 2.45) is 0 Å². The lowest BCUT2D eigenvalue weighted by Gasteiger charge is -2.03. The number of aromatic nitrogens is 1. The largest absolute Gasteiger partial charge is 0.550 e. The number of nitrogens with zero attached hydrogens (tertiary/aromatic N) is 1. The van der Waals surface area contributed by atoms with Gasteiger partial charge in [-0.3, -0.25) is 0 Å². The summed E-state index contributed by atoms with van der Waals surface area (Å²) in [5, 5.41) is 16.6. The Morgan fingerprint density at radius 2 is 2.33 bits per heavy atom. The number of nitrogens with one attached hydrogen (secondary N) is 1. The topological polar surface area (TPSA) is 65.0 Å². The number of carbonyl (C=O) groups excluding carboxylic acids is 1. The number of carboxylic acids is 1. The number of benzene rings is 1. The van der Waals surface area contributed by atoms with Crippen LogP contribution in [0.25, 0.3) is 0 Å². The third-order valence-corrected chi connectivity index (χ3v) is 3.29. The van der Waals surface area contributed by atoms with Gasteiger partial charge in [0.25, 0.3) is 0 Å². The summed E-state index contributed by atoms with van der Waals surface area (Å²) in [6, 6.07) is 7.51. The van der Waals surface area contributed by atoms with Gasteiger partial charge in [-0.2, -0.15) is 0 Å². The van der Waals surface area contributed by atoms with E-state index < -0.39 is 5.97 Å². The number of thiazole rings is 1. The van der Waals surface area contributed by atoms with E-state index in [0.29, 0.717) is 22.4 Å². The lowest BCUT2D eigenvalue weighted by atomic mass is 10.2. The van der Waals surface area contributed by atoms with Crippen molar-refractivity contribution in [3.8, 4) is 0 Å². The van der Waals surface area contributed by atoms with E-state index in [4.69, 9.17) is 11.6 Å². The first-order valence-corrected chi connectivity index (χ1v) is 6.52. The average Bonchev–Trinajstić information content (AvgIpc) is 2.73. The molecule has 1 heterocycles. The zero-order valence-corrected chi connectivity index (χ0v) is 10.9. The quantitative estimate of drug-likeness (QED) is 0.906. The Morgan fingerprint density at radius 3 is 3.06 bits per heavy atom. The molecule has 18 heavy (non-hydrogen) atoms. The number of hydrogen-bond donors (Lipinski definition) is 1. The molecule has 6 heteroatoms. The van der Waals surface area contributed by atoms with E-state index in [1.807, 2.05) is 24.3 Å². The van der Waals surface area contributed by atoms with Crippen molar-refractivity contribution in [2.45, 2.75) is 13.0 Å². The highest BCUT2D eigenvalue weighted by Crippen LogP contribution is 2.17. The van der Waals surface area contributed by atoms with Gasteiger partial charge in [0.2, 0.25) is 0 Å². The minimum absolute atomic E-state index is 0.157. The maximum absolute atomic E-state index is 10.4. The highest BCUT2D eigenvalue weighted by atomic mass is 35.5. The Kier molecular flexibility index (Phi) is 4.17. The predicted molar refractivity (Wildman–Crippen MR) is 69.6 cm³/mol. The molecule has 2 aromatic rings. The predicted octanol–water partition coefficient (Wildman–Crippen LogP) is 1.70. The summed E-state index contributed by atoms with van der Waals surface area (Å²) in [6.07, 6.45) is -0.157. The van der Waals surface area contributed by atoms with Crippen LogP contribution in [0.1, 0.15) is 11.3 Å². The molecule has 0 unspecified atom stereocenters. The first kappa shape index (κ1) is 12.9. The molecular weight excluding hydrogens is 272 g/mol. The van der Waals surface area contributed by atoms with Crippen molar-refractivity contribution in [3.63, 3.8) is 0 Å². The van der Waals surface area contributed by atoms with Crippen molar-refractivity contribution in [1.29, 1.82) is 0 Å². The third kappa shape index (κ3) is 3.72. The lowest BCUT2D eigenvalue weighted by Crippen LogP contribution is -2.24. The molecule has 0 atom stereocenters. The van der Waals surface area contributed by atoms with Gasteiger partial charge in [-0.25, -0.2) is 4.98 Å². The van der Waals surface area contributed by atoms with E-state index in [9.17, 15) is 9.90 Å². The van der Waals surface area contributed by atoms with E-state index >= 15 is 0 Å². The molecule has 0 spiro atoms. The van der Waals surface area contributed by atoms with Crippen LogP contribution in [0, 0.1) is 0 Å². The Bertz CT molecular complexity index is 557. The fraction of sp³-hybridized carbons (Fsp3) is 0.167. The lowest BCUT2D eigenvalue weighted by molar-refractivity contribution is -0.304. The number of hydrogen-bond acceptors (Lipinski definition) is 5. The standard InChI is InChI=1S/C12H11ClN2O2S/c13-9-3-1-2-8(4-9)6-14-12-15-10(7-18-12)5-11(16)17/h1-4,7H,5-6H2,(H,14,15)(H,16,17)/p-1. The van der Waals surface area contributed by atoms with Crippen LogP contribution >= 0.6 is 22.9 Å². The van der Waals surface area contributed by atoms with E-state index in [0.717, 1.165) is 5.56 Å². The fourth-order valence-corrected chi connectivity index (χ4v) is 2.36. The third-order valence-electron chi connectivity index (χ3n) is 2.21. The molecule has 0 aliphatic carbocycles. The van der Waals surface area contributed by atoms with Gasteiger partial charge in [-0.1, -0.05) is 23.7 Å². The number of carbonyl (C=O) groups is 1. The van der Waals surface area contributed by atoms with Crippen LogP contribution in [-0.2, 0) is 17.8 Å². The zero-order valence-electron chi connectivity index (χ0n) is 9.35. The maximum atomic E-state index is 10.4. The van der Waals surface area contributed by atoms with E-state index in [1.54, 1.807) is 5.38 Å². The second-order valence-corrected chi connectivity index (χ2v) is 4.97. The molecule has 0 saturated heterocycles. The van der Waals surface area contributed by atoms with Crippen molar-refractivity contribution >= 4 is 34.0 Å². The van der Waals surface area contributed by atoms with Gasteiger partial charge in [0.15, 0.2) is 5.13 Å². The molecular formula is C12H10ClN2O2S-. The molecule has 1 aromatic carbocycles. The van der Waals surface area contributed by atoms with Crippen LogP contribution in [0.4, 0.5) is 5.13 Å². The van der Waals surface area contributed by atoms with Gasteiger partial charge in [-0.15, -0.1) is 11.3 Å². The van der Waals surface area contributed by atoms with Gasteiger partial charge < -0.3 is 15.2 Å². The average molecular weight is 282 g/mol. The molecule has 0 aliphatic heterocycles. The summed E-state index contributed by atoms with van der Waals surface area (Å²) < 4.78 is 0. The summed E-state index contributed by atoms with van der Waals surface area (Å²) in [4.78, 5) is 14.6. The summed E-state index contributed by atoms with van der Waals surface area (Å²) in [5.41, 5.74) is 1.55. The van der Waals surface area contributed by atoms with Crippen molar-refractivity contribution < 1.29 is 9.90 Å². The van der Waals surface area contributed by atoms with Gasteiger partial charge in [0.1, 0.15) is 0 Å². The second kappa shape index (κ2) is 5.84. The van der Waals surface area contributed by atoms with Crippen LogP contribution in [0.3, 0.4) is 0 Å². The molecule has 1 N–H and O–H groups in total. The number of anilines is 1. The number of rotatable bonds is 5. The summed E-state index contributed by atoms with van der Waals surface area (Å²) >= 11 is 7.24. The van der Waals surface area contributed by atoms with Gasteiger partial charge in [0, 0.05) is 29.3 Å². The van der Waals surface area contributed by atoms with Crippen molar-refractivity contribution in [1.82, 2.24) is 4.98 Å². The molecule has 0 aliphatic rings. The molecule has 1 aromatic heterocycles. The summed E-state index contributed by atoms with van der Waals surface area (Å²) in [6.45, 7) is 0.596. The minimum atomic E-state index is -1.12. The molecule has 0 amide bonds. The van der Waals surface area contributed by atoms with Crippen LogP contribution in [0.15, 0.2) is 29.6 Å². The van der Waals surface area contributed by atoms with Gasteiger partial charge in [0.05, 0.1) is 5.69 Å². The molecule has 0 fully saturated rings. The maximum Gasteiger partial charge on any atom is 0.183 e. The van der Waals surface area contributed by atoms with Crippen molar-refractivity contribution in [2.75, 3.05) is 5.32 Å².